The summed E-state index contributed by atoms with van der Waals surface area (Å²) in [5.41, 5.74) is 0. The molecule has 0 aromatic heterocycles. The topological polar surface area (TPSA) is 35.6 Å². The van der Waals surface area contributed by atoms with Crippen molar-refractivity contribution in [3.8, 4) is 0 Å². The van der Waals surface area contributed by atoms with Crippen LogP contribution in [0.4, 0.5) is 0 Å². The maximum atomic E-state index is 12.3. The van der Waals surface area contributed by atoms with Crippen molar-refractivity contribution in [3.05, 3.63) is 0 Å². The SMILES string of the molecule is CCC1NC(C(C)C)C(=O)N1CCN(C)CC. The fraction of sp³-hybridized carbons (Fsp3) is 0.923. The summed E-state index contributed by atoms with van der Waals surface area (Å²) in [6.45, 7) is 11.3. The first-order chi connectivity index (χ1) is 8.01. The van der Waals surface area contributed by atoms with Gasteiger partial charge in [0.05, 0.1) is 12.2 Å². The fourth-order valence-corrected chi connectivity index (χ4v) is 2.22. The highest BCUT2D eigenvalue weighted by Gasteiger charge is 2.38. The molecule has 1 amide bonds. The van der Waals surface area contributed by atoms with Crippen LogP contribution in [-0.2, 0) is 4.79 Å². The maximum Gasteiger partial charge on any atom is 0.241 e. The predicted octanol–water partition coefficient (Wildman–Crippen LogP) is 1.13. The summed E-state index contributed by atoms with van der Waals surface area (Å²) in [7, 11) is 2.09. The van der Waals surface area contributed by atoms with Crippen LogP contribution in [0.2, 0.25) is 0 Å². The number of nitrogens with zero attached hydrogens (tertiary/aromatic N) is 2. The molecular formula is C13H27N3O. The maximum absolute atomic E-state index is 12.3. The first kappa shape index (κ1) is 14.5. The van der Waals surface area contributed by atoms with Crippen molar-refractivity contribution in [2.45, 2.75) is 46.3 Å². The van der Waals surface area contributed by atoms with Crippen molar-refractivity contribution < 1.29 is 4.79 Å². The molecule has 1 N–H and O–H groups in total. The lowest BCUT2D eigenvalue weighted by Gasteiger charge is -2.25. The molecular weight excluding hydrogens is 214 g/mol. The van der Waals surface area contributed by atoms with Gasteiger partial charge in [-0.2, -0.15) is 0 Å². The number of amides is 1. The second kappa shape index (κ2) is 6.36. The van der Waals surface area contributed by atoms with Gasteiger partial charge in [-0.3, -0.25) is 10.1 Å². The van der Waals surface area contributed by atoms with E-state index in [2.05, 4.69) is 45.0 Å². The molecule has 1 fully saturated rings. The number of carbonyl (C=O) groups excluding carboxylic acids is 1. The molecule has 17 heavy (non-hydrogen) atoms. The van der Waals surface area contributed by atoms with Gasteiger partial charge in [-0.1, -0.05) is 27.7 Å². The van der Waals surface area contributed by atoms with Gasteiger partial charge in [-0.25, -0.2) is 0 Å². The van der Waals surface area contributed by atoms with Gasteiger partial charge in [0.15, 0.2) is 0 Å². The highest BCUT2D eigenvalue weighted by atomic mass is 16.2. The number of likely N-dealkylation sites (N-methyl/N-ethyl adjacent to an activating group) is 1. The molecule has 2 unspecified atom stereocenters. The van der Waals surface area contributed by atoms with Crippen molar-refractivity contribution in [1.82, 2.24) is 15.1 Å². The van der Waals surface area contributed by atoms with Crippen LogP contribution in [-0.4, -0.2) is 54.6 Å². The van der Waals surface area contributed by atoms with Crippen LogP contribution in [0.3, 0.4) is 0 Å². The second-order valence-electron chi connectivity index (χ2n) is 5.24. The minimum atomic E-state index is 0.00637. The molecule has 0 aromatic rings. The van der Waals surface area contributed by atoms with Gasteiger partial charge in [0.2, 0.25) is 5.91 Å². The van der Waals surface area contributed by atoms with Crippen LogP contribution in [0.1, 0.15) is 34.1 Å². The highest BCUT2D eigenvalue weighted by Crippen LogP contribution is 2.18. The van der Waals surface area contributed by atoms with Gasteiger partial charge < -0.3 is 9.80 Å². The van der Waals surface area contributed by atoms with Gasteiger partial charge in [0.1, 0.15) is 0 Å². The number of hydrogen-bond donors (Lipinski definition) is 1. The molecule has 4 heteroatoms. The second-order valence-corrected chi connectivity index (χ2v) is 5.24. The Morgan fingerprint density at radius 2 is 2.06 bits per heavy atom. The first-order valence-corrected chi connectivity index (χ1v) is 6.76. The average molecular weight is 241 g/mol. The van der Waals surface area contributed by atoms with E-state index in [0.717, 1.165) is 26.1 Å². The summed E-state index contributed by atoms with van der Waals surface area (Å²) in [5, 5.41) is 3.44. The van der Waals surface area contributed by atoms with Crippen molar-refractivity contribution in [2.75, 3.05) is 26.7 Å². The molecule has 0 spiro atoms. The summed E-state index contributed by atoms with van der Waals surface area (Å²) < 4.78 is 0. The quantitative estimate of drug-likeness (QED) is 0.757. The number of nitrogens with one attached hydrogen (secondary N) is 1. The van der Waals surface area contributed by atoms with Crippen molar-refractivity contribution in [2.24, 2.45) is 5.92 Å². The molecule has 1 aliphatic heterocycles. The lowest BCUT2D eigenvalue weighted by molar-refractivity contribution is -0.130. The molecule has 1 aliphatic rings. The predicted molar refractivity (Wildman–Crippen MR) is 70.7 cm³/mol. The summed E-state index contributed by atoms with van der Waals surface area (Å²) in [5.74, 6) is 0.641. The Bertz CT molecular complexity index is 255. The Morgan fingerprint density at radius 3 is 2.53 bits per heavy atom. The minimum Gasteiger partial charge on any atom is -0.325 e. The van der Waals surface area contributed by atoms with E-state index in [0.29, 0.717) is 5.92 Å². The smallest absolute Gasteiger partial charge is 0.241 e. The van der Waals surface area contributed by atoms with E-state index in [4.69, 9.17) is 0 Å². The van der Waals surface area contributed by atoms with E-state index in [9.17, 15) is 4.79 Å². The van der Waals surface area contributed by atoms with Crippen LogP contribution in [0.25, 0.3) is 0 Å². The highest BCUT2D eigenvalue weighted by molar-refractivity contribution is 5.84. The van der Waals surface area contributed by atoms with Gasteiger partial charge >= 0.3 is 0 Å². The first-order valence-electron chi connectivity index (χ1n) is 6.76. The molecule has 1 saturated heterocycles. The Morgan fingerprint density at radius 1 is 1.41 bits per heavy atom. The van der Waals surface area contributed by atoms with Crippen LogP contribution >= 0.6 is 0 Å². The number of hydrogen-bond acceptors (Lipinski definition) is 3. The molecule has 4 nitrogen and oxygen atoms in total. The van der Waals surface area contributed by atoms with Crippen molar-refractivity contribution >= 4 is 5.91 Å². The molecule has 0 bridgehead atoms. The van der Waals surface area contributed by atoms with Crippen LogP contribution in [0.15, 0.2) is 0 Å². The molecule has 0 radical (unpaired) electrons. The van der Waals surface area contributed by atoms with Gasteiger partial charge in [0, 0.05) is 13.1 Å². The molecule has 1 rings (SSSR count). The Kier molecular flexibility index (Phi) is 5.40. The van der Waals surface area contributed by atoms with Crippen molar-refractivity contribution in [1.29, 1.82) is 0 Å². The van der Waals surface area contributed by atoms with Gasteiger partial charge in [0.25, 0.3) is 0 Å². The van der Waals surface area contributed by atoms with Crippen LogP contribution in [0, 0.1) is 5.92 Å². The van der Waals surface area contributed by atoms with Gasteiger partial charge in [-0.15, -0.1) is 0 Å². The fourth-order valence-electron chi connectivity index (χ4n) is 2.22. The molecule has 1 heterocycles. The summed E-state index contributed by atoms with van der Waals surface area (Å²) >= 11 is 0. The summed E-state index contributed by atoms with van der Waals surface area (Å²) in [6.07, 6.45) is 1.20. The third-order valence-electron chi connectivity index (χ3n) is 3.61. The van der Waals surface area contributed by atoms with E-state index in [-0.39, 0.29) is 18.1 Å². The zero-order chi connectivity index (χ0) is 13.0. The van der Waals surface area contributed by atoms with Crippen LogP contribution < -0.4 is 5.32 Å². The third kappa shape index (κ3) is 3.42. The Labute approximate surface area is 105 Å². The van der Waals surface area contributed by atoms with E-state index < -0.39 is 0 Å². The normalized spacial score (nSPS) is 25.4. The van der Waals surface area contributed by atoms with E-state index in [1.807, 2.05) is 4.90 Å². The summed E-state index contributed by atoms with van der Waals surface area (Å²) in [6, 6.07) is 0.00637. The number of rotatable bonds is 6. The monoisotopic (exact) mass is 241 g/mol. The number of carbonyl (C=O) groups is 1. The van der Waals surface area contributed by atoms with Gasteiger partial charge in [-0.05, 0) is 25.9 Å². The largest absolute Gasteiger partial charge is 0.325 e. The zero-order valence-electron chi connectivity index (χ0n) is 11.9. The van der Waals surface area contributed by atoms with Crippen LogP contribution in [0.5, 0.6) is 0 Å². The zero-order valence-corrected chi connectivity index (χ0v) is 11.9. The van der Waals surface area contributed by atoms with E-state index in [1.165, 1.54) is 0 Å². The summed E-state index contributed by atoms with van der Waals surface area (Å²) in [4.78, 5) is 16.5. The lowest BCUT2D eigenvalue weighted by atomic mass is 10.1. The van der Waals surface area contributed by atoms with E-state index in [1.54, 1.807) is 0 Å². The Hall–Kier alpha value is -0.610. The molecule has 100 valence electrons. The molecule has 0 saturated carbocycles. The average Bonchev–Trinajstić information content (AvgIpc) is 2.63. The standard InChI is InChI=1S/C13H27N3O/c1-6-11-14-12(10(3)4)13(17)16(11)9-8-15(5)7-2/h10-12,14H,6-9H2,1-5H3. The third-order valence-corrected chi connectivity index (χ3v) is 3.61. The molecule has 0 aliphatic carbocycles. The van der Waals surface area contributed by atoms with Crippen molar-refractivity contribution in [3.63, 3.8) is 0 Å². The lowest BCUT2D eigenvalue weighted by Crippen LogP contribution is -2.41. The molecule has 0 aromatic carbocycles. The minimum absolute atomic E-state index is 0.00637. The molecule has 2 atom stereocenters. The Balaban J connectivity index is 2.59. The van der Waals surface area contributed by atoms with E-state index >= 15 is 0 Å².